The summed E-state index contributed by atoms with van der Waals surface area (Å²) in [7, 11) is 0. The lowest BCUT2D eigenvalue weighted by molar-refractivity contribution is -0.155. The summed E-state index contributed by atoms with van der Waals surface area (Å²) >= 11 is 0. The fourth-order valence-electron chi connectivity index (χ4n) is 4.14. The van der Waals surface area contributed by atoms with E-state index in [1.165, 1.54) is 0 Å². The molecule has 3 atom stereocenters. The van der Waals surface area contributed by atoms with E-state index in [2.05, 4.69) is 0 Å². The molecule has 1 aromatic carbocycles. The van der Waals surface area contributed by atoms with Crippen molar-refractivity contribution in [3.8, 4) is 0 Å². The number of carbonyl (C=O) groups excluding carboxylic acids is 1. The van der Waals surface area contributed by atoms with Gasteiger partial charge in [0, 0.05) is 6.54 Å². The van der Waals surface area contributed by atoms with Gasteiger partial charge in [0.15, 0.2) is 0 Å². The predicted octanol–water partition coefficient (Wildman–Crippen LogP) is 2.85. The first-order valence-corrected chi connectivity index (χ1v) is 7.52. The minimum atomic E-state index is -0.910. The molecule has 0 radical (unpaired) electrons. The van der Waals surface area contributed by atoms with Crippen LogP contribution in [0.1, 0.15) is 44.7 Å². The molecule has 4 nitrogen and oxygen atoms in total. The van der Waals surface area contributed by atoms with Crippen LogP contribution in [0.3, 0.4) is 0 Å². The molecule has 1 heterocycles. The summed E-state index contributed by atoms with van der Waals surface area (Å²) in [6.07, 6.45) is 2.10. The number of rotatable bonds is 3. The van der Waals surface area contributed by atoms with Crippen molar-refractivity contribution < 1.29 is 14.7 Å². The first-order chi connectivity index (χ1) is 9.92. The van der Waals surface area contributed by atoms with E-state index in [9.17, 15) is 14.7 Å². The Kier molecular flexibility index (Phi) is 3.08. The van der Waals surface area contributed by atoms with Crippen molar-refractivity contribution in [2.75, 3.05) is 6.54 Å². The number of benzene rings is 1. The molecule has 0 bridgehead atoms. The number of nitrogens with zero attached hydrogens (tertiary/aromatic N) is 1. The summed E-state index contributed by atoms with van der Waals surface area (Å²) in [6.45, 7) is 4.15. The van der Waals surface area contributed by atoms with Gasteiger partial charge < -0.3 is 10.0 Å². The van der Waals surface area contributed by atoms with E-state index >= 15 is 0 Å². The molecule has 0 spiro atoms. The Balaban J connectivity index is 1.97. The van der Waals surface area contributed by atoms with Crippen molar-refractivity contribution in [2.45, 2.75) is 39.2 Å². The highest BCUT2D eigenvalue weighted by atomic mass is 16.4. The zero-order valence-corrected chi connectivity index (χ0v) is 12.5. The van der Waals surface area contributed by atoms with Crippen LogP contribution < -0.4 is 0 Å². The van der Waals surface area contributed by atoms with Gasteiger partial charge in [-0.2, -0.15) is 0 Å². The molecule has 112 valence electrons. The van der Waals surface area contributed by atoms with Crippen LogP contribution in [0.15, 0.2) is 30.3 Å². The molecule has 2 aliphatic rings. The van der Waals surface area contributed by atoms with Crippen molar-refractivity contribution in [2.24, 2.45) is 10.8 Å². The first kappa shape index (κ1) is 14.1. The Morgan fingerprint density at radius 1 is 1.29 bits per heavy atom. The summed E-state index contributed by atoms with van der Waals surface area (Å²) in [5.74, 6) is -0.822. The van der Waals surface area contributed by atoms with Crippen LogP contribution >= 0.6 is 0 Å². The highest BCUT2D eigenvalue weighted by Crippen LogP contribution is 2.59. The fraction of sp³-hybridized carbons (Fsp3) is 0.529. The molecule has 1 N–H and O–H groups in total. The second-order valence-electron chi connectivity index (χ2n) is 6.59. The standard InChI is InChI=1S/C17H21NO3/c1-12(13-7-4-3-5-8-13)18-11-17(15(20)21)10-6-9-16(17,2)14(18)19/h3-5,7-8,12H,6,9-11H2,1-2H3,(H,20,21)/t12?,16-,17+/m1/s1. The van der Waals surface area contributed by atoms with Gasteiger partial charge in [-0.15, -0.1) is 0 Å². The fourth-order valence-corrected chi connectivity index (χ4v) is 4.14. The molecule has 1 aromatic rings. The molecular formula is C17H21NO3. The molecule has 1 saturated heterocycles. The zero-order valence-electron chi connectivity index (χ0n) is 12.5. The van der Waals surface area contributed by atoms with E-state index in [4.69, 9.17) is 0 Å². The summed E-state index contributed by atoms with van der Waals surface area (Å²) in [6, 6.07) is 9.72. The SMILES string of the molecule is CC(c1ccccc1)N1C[C@]2(C(=O)O)CCC[C@]2(C)C1=O. The average Bonchev–Trinajstić information content (AvgIpc) is 2.93. The maximum atomic E-state index is 12.9. The maximum absolute atomic E-state index is 12.9. The lowest BCUT2D eigenvalue weighted by Crippen LogP contribution is -2.42. The van der Waals surface area contributed by atoms with Gasteiger partial charge in [-0.1, -0.05) is 36.8 Å². The molecule has 3 rings (SSSR count). The highest BCUT2D eigenvalue weighted by Gasteiger charge is 2.67. The third-order valence-electron chi connectivity index (χ3n) is 5.67. The lowest BCUT2D eigenvalue weighted by atomic mass is 9.69. The Bertz CT molecular complexity index is 585. The summed E-state index contributed by atoms with van der Waals surface area (Å²) in [5, 5.41) is 9.75. The number of carboxylic acid groups (broad SMARTS) is 1. The lowest BCUT2D eigenvalue weighted by Gasteiger charge is -2.29. The smallest absolute Gasteiger partial charge is 0.312 e. The zero-order chi connectivity index (χ0) is 15.3. The number of carboxylic acids is 1. The van der Waals surface area contributed by atoms with Crippen molar-refractivity contribution >= 4 is 11.9 Å². The molecule has 4 heteroatoms. The third-order valence-corrected chi connectivity index (χ3v) is 5.67. The molecule has 1 amide bonds. The number of aliphatic carboxylic acids is 1. The van der Waals surface area contributed by atoms with Crippen molar-refractivity contribution in [1.29, 1.82) is 0 Å². The predicted molar refractivity (Wildman–Crippen MR) is 78.6 cm³/mol. The minimum Gasteiger partial charge on any atom is -0.481 e. The number of fused-ring (bicyclic) bond motifs is 1. The number of hydrogen-bond donors (Lipinski definition) is 1. The van der Waals surface area contributed by atoms with Crippen LogP contribution in [0.4, 0.5) is 0 Å². The van der Waals surface area contributed by atoms with Gasteiger partial charge in [0.05, 0.1) is 16.9 Å². The minimum absolute atomic E-state index is 0.00115. The monoisotopic (exact) mass is 287 g/mol. The molecule has 21 heavy (non-hydrogen) atoms. The molecule has 1 aliphatic heterocycles. The van der Waals surface area contributed by atoms with Gasteiger partial charge in [0.2, 0.25) is 5.91 Å². The Morgan fingerprint density at radius 3 is 2.52 bits per heavy atom. The third kappa shape index (κ3) is 1.74. The average molecular weight is 287 g/mol. The number of hydrogen-bond acceptors (Lipinski definition) is 2. The van der Waals surface area contributed by atoms with Crippen LogP contribution in [0.2, 0.25) is 0 Å². The molecule has 1 aliphatic carbocycles. The normalized spacial score (nSPS) is 33.0. The van der Waals surface area contributed by atoms with Crippen LogP contribution in [0, 0.1) is 10.8 Å². The molecule has 2 fully saturated rings. The second kappa shape index (κ2) is 4.58. The van der Waals surface area contributed by atoms with Gasteiger partial charge in [-0.25, -0.2) is 0 Å². The van der Waals surface area contributed by atoms with Crippen LogP contribution in [0.5, 0.6) is 0 Å². The van der Waals surface area contributed by atoms with Gasteiger partial charge >= 0.3 is 5.97 Å². The number of amides is 1. The van der Waals surface area contributed by atoms with E-state index in [0.717, 1.165) is 12.0 Å². The summed E-state index contributed by atoms with van der Waals surface area (Å²) in [4.78, 5) is 26.5. The van der Waals surface area contributed by atoms with E-state index in [-0.39, 0.29) is 11.9 Å². The summed E-state index contributed by atoms with van der Waals surface area (Å²) < 4.78 is 0. The van der Waals surface area contributed by atoms with Gasteiger partial charge in [0.25, 0.3) is 0 Å². The Morgan fingerprint density at radius 2 is 1.95 bits per heavy atom. The van der Waals surface area contributed by atoms with Crippen molar-refractivity contribution in [1.82, 2.24) is 4.90 Å². The Labute approximate surface area is 124 Å². The molecule has 0 aromatic heterocycles. The van der Waals surface area contributed by atoms with E-state index in [1.54, 1.807) is 4.90 Å². The van der Waals surface area contributed by atoms with Gasteiger partial charge in [0.1, 0.15) is 0 Å². The molecule has 1 unspecified atom stereocenters. The largest absolute Gasteiger partial charge is 0.481 e. The van der Waals surface area contributed by atoms with E-state index in [1.807, 2.05) is 44.2 Å². The second-order valence-corrected chi connectivity index (χ2v) is 6.59. The van der Waals surface area contributed by atoms with Gasteiger partial charge in [-0.3, -0.25) is 9.59 Å². The quantitative estimate of drug-likeness (QED) is 0.930. The highest BCUT2D eigenvalue weighted by molar-refractivity contribution is 5.95. The Hall–Kier alpha value is -1.84. The number of carbonyl (C=O) groups is 2. The summed E-state index contributed by atoms with van der Waals surface area (Å²) in [5.41, 5.74) is -0.607. The van der Waals surface area contributed by atoms with Crippen LogP contribution in [0.25, 0.3) is 0 Å². The molecule has 1 saturated carbocycles. The van der Waals surface area contributed by atoms with Crippen molar-refractivity contribution in [3.05, 3.63) is 35.9 Å². The first-order valence-electron chi connectivity index (χ1n) is 7.52. The van der Waals surface area contributed by atoms with E-state index in [0.29, 0.717) is 19.4 Å². The van der Waals surface area contributed by atoms with Crippen LogP contribution in [-0.4, -0.2) is 28.4 Å². The van der Waals surface area contributed by atoms with E-state index < -0.39 is 16.8 Å². The number of likely N-dealkylation sites (tertiary alicyclic amines) is 1. The molecular weight excluding hydrogens is 266 g/mol. The maximum Gasteiger partial charge on any atom is 0.312 e. The van der Waals surface area contributed by atoms with Gasteiger partial charge in [-0.05, 0) is 32.3 Å². The topological polar surface area (TPSA) is 57.6 Å². The van der Waals surface area contributed by atoms with Crippen molar-refractivity contribution in [3.63, 3.8) is 0 Å². The van der Waals surface area contributed by atoms with Crippen LogP contribution in [-0.2, 0) is 9.59 Å².